The van der Waals surface area contributed by atoms with Crippen LogP contribution in [0.5, 0.6) is 11.5 Å². The summed E-state index contributed by atoms with van der Waals surface area (Å²) in [6.07, 6.45) is 0.438. The number of benzene rings is 2. The van der Waals surface area contributed by atoms with Crippen molar-refractivity contribution in [2.45, 2.75) is 56.6 Å². The molecule has 7 heteroatoms. The van der Waals surface area contributed by atoms with Crippen LogP contribution in [0.4, 0.5) is 8.78 Å². The lowest BCUT2D eigenvalue weighted by Crippen LogP contribution is -2.58. The molecule has 0 saturated heterocycles. The van der Waals surface area contributed by atoms with E-state index in [0.29, 0.717) is 37.2 Å². The fourth-order valence-electron chi connectivity index (χ4n) is 3.96. The molecule has 0 radical (unpaired) electrons. The van der Waals surface area contributed by atoms with Crippen LogP contribution in [0.15, 0.2) is 36.4 Å². The Labute approximate surface area is 168 Å². The maximum Gasteiger partial charge on any atom is 0.150 e. The Hall–Kier alpha value is -2.22. The molecule has 2 aliphatic heterocycles. The third-order valence-electron chi connectivity index (χ3n) is 5.69. The summed E-state index contributed by atoms with van der Waals surface area (Å²) in [5.41, 5.74) is 0.185. The van der Waals surface area contributed by atoms with Crippen LogP contribution >= 0.6 is 0 Å². The first-order valence-electron chi connectivity index (χ1n) is 9.87. The second kappa shape index (κ2) is 7.89. The Morgan fingerprint density at radius 2 is 1.62 bits per heavy atom. The molecule has 4 atom stereocenters. The predicted molar refractivity (Wildman–Crippen MR) is 103 cm³/mol. The first kappa shape index (κ1) is 20.1. The van der Waals surface area contributed by atoms with Crippen molar-refractivity contribution in [3.05, 3.63) is 59.2 Å². The topological polar surface area (TPSA) is 71.0 Å². The Bertz CT molecular complexity index is 889. The molecule has 2 aromatic carbocycles. The number of hydrogen-bond acceptors (Lipinski definition) is 5. The minimum absolute atomic E-state index is 0.102. The number of aryl methyl sites for hydroxylation is 2. The van der Waals surface area contributed by atoms with Crippen molar-refractivity contribution in [3.8, 4) is 11.5 Å². The van der Waals surface area contributed by atoms with Gasteiger partial charge in [0.15, 0.2) is 0 Å². The molecular weight excluding hydrogens is 380 g/mol. The Kier molecular flexibility index (Phi) is 5.46. The van der Waals surface area contributed by atoms with Gasteiger partial charge in [-0.25, -0.2) is 8.78 Å². The third-order valence-corrected chi connectivity index (χ3v) is 5.69. The highest BCUT2D eigenvalue weighted by Gasteiger charge is 2.37. The van der Waals surface area contributed by atoms with Crippen LogP contribution < -0.4 is 14.8 Å². The predicted octanol–water partition coefficient (Wildman–Crippen LogP) is 2.71. The molecule has 3 N–H and O–H groups in total. The summed E-state index contributed by atoms with van der Waals surface area (Å²) in [4.78, 5) is 0. The number of aliphatic hydroxyl groups is 2. The number of rotatable bonds is 5. The number of aliphatic hydroxyl groups excluding tert-OH is 1. The molecule has 0 aromatic heterocycles. The van der Waals surface area contributed by atoms with E-state index in [9.17, 15) is 19.0 Å². The van der Waals surface area contributed by atoms with Gasteiger partial charge in [0.05, 0.1) is 0 Å². The standard InChI is InChI=1S/C22H25F2NO4/c1-22(27,21-9-3-14-11-16(24)5-8-19(14)29-21)25-12-17(26)20-6-2-13-10-15(23)4-7-18(13)28-20/h4-5,7-8,10-11,17,20-21,25-27H,2-3,6,9,12H2,1H3. The first-order valence-corrected chi connectivity index (χ1v) is 9.87. The van der Waals surface area contributed by atoms with Crippen LogP contribution in [-0.2, 0) is 12.8 Å². The van der Waals surface area contributed by atoms with Gasteiger partial charge in [-0.2, -0.15) is 0 Å². The maximum atomic E-state index is 13.3. The monoisotopic (exact) mass is 405 g/mol. The van der Waals surface area contributed by atoms with E-state index in [0.717, 1.165) is 11.1 Å². The van der Waals surface area contributed by atoms with Gasteiger partial charge in [-0.15, -0.1) is 0 Å². The molecule has 0 bridgehead atoms. The van der Waals surface area contributed by atoms with Gasteiger partial charge in [0.25, 0.3) is 0 Å². The molecule has 0 saturated carbocycles. The lowest BCUT2D eigenvalue weighted by molar-refractivity contribution is -0.0899. The molecular formula is C22H25F2NO4. The fraction of sp³-hybridized carbons (Fsp3) is 0.455. The number of nitrogens with one attached hydrogen (secondary N) is 1. The van der Waals surface area contributed by atoms with Crippen molar-refractivity contribution >= 4 is 0 Å². The molecule has 0 amide bonds. The highest BCUT2D eigenvalue weighted by molar-refractivity contribution is 5.37. The van der Waals surface area contributed by atoms with Crippen LogP contribution in [0.3, 0.4) is 0 Å². The molecule has 2 aliphatic rings. The Morgan fingerprint density at radius 3 is 2.28 bits per heavy atom. The Balaban J connectivity index is 1.34. The van der Waals surface area contributed by atoms with Gasteiger partial charge in [0, 0.05) is 6.54 Å². The molecule has 0 fully saturated rings. The SMILES string of the molecule is CC(O)(NCC(O)C1CCc2cc(F)ccc2O1)C1CCc2cc(F)ccc2O1. The Morgan fingerprint density at radius 1 is 1.03 bits per heavy atom. The third kappa shape index (κ3) is 4.37. The second-order valence-corrected chi connectivity index (χ2v) is 7.94. The van der Waals surface area contributed by atoms with E-state index in [-0.39, 0.29) is 18.2 Å². The number of hydrogen-bond donors (Lipinski definition) is 3. The molecule has 5 nitrogen and oxygen atoms in total. The summed E-state index contributed by atoms with van der Waals surface area (Å²) >= 11 is 0. The number of ether oxygens (including phenoxy) is 2. The summed E-state index contributed by atoms with van der Waals surface area (Å²) in [6.45, 7) is 1.70. The van der Waals surface area contributed by atoms with Gasteiger partial charge in [-0.05, 0) is 80.1 Å². The van der Waals surface area contributed by atoms with Crippen LogP contribution in [-0.4, -0.2) is 40.8 Å². The molecule has 2 heterocycles. The molecule has 0 spiro atoms. The fourth-order valence-corrected chi connectivity index (χ4v) is 3.96. The minimum Gasteiger partial charge on any atom is -0.487 e. The molecule has 0 aliphatic carbocycles. The van der Waals surface area contributed by atoms with Crippen molar-refractivity contribution in [1.82, 2.24) is 5.32 Å². The van der Waals surface area contributed by atoms with Gasteiger partial charge in [-0.3, -0.25) is 5.32 Å². The molecule has 29 heavy (non-hydrogen) atoms. The van der Waals surface area contributed by atoms with Crippen molar-refractivity contribution in [2.24, 2.45) is 0 Å². The minimum atomic E-state index is -1.39. The number of fused-ring (bicyclic) bond motifs is 2. The average Bonchev–Trinajstić information content (AvgIpc) is 2.71. The van der Waals surface area contributed by atoms with Crippen molar-refractivity contribution in [3.63, 3.8) is 0 Å². The van der Waals surface area contributed by atoms with E-state index in [1.807, 2.05) is 0 Å². The maximum absolute atomic E-state index is 13.3. The quantitative estimate of drug-likeness (QED) is 0.668. The summed E-state index contributed by atoms with van der Waals surface area (Å²) < 4.78 is 38.3. The molecule has 4 unspecified atom stereocenters. The van der Waals surface area contributed by atoms with E-state index in [1.54, 1.807) is 19.1 Å². The molecule has 156 valence electrons. The molecule has 2 aromatic rings. The van der Waals surface area contributed by atoms with Crippen LogP contribution in [0, 0.1) is 11.6 Å². The van der Waals surface area contributed by atoms with Crippen LogP contribution in [0.25, 0.3) is 0 Å². The van der Waals surface area contributed by atoms with E-state index in [2.05, 4.69) is 5.32 Å². The lowest BCUT2D eigenvalue weighted by atomic mass is 9.95. The van der Waals surface area contributed by atoms with Crippen molar-refractivity contribution in [2.75, 3.05) is 6.54 Å². The molecule has 4 rings (SSSR count). The van der Waals surface area contributed by atoms with E-state index in [4.69, 9.17) is 9.47 Å². The zero-order valence-electron chi connectivity index (χ0n) is 16.2. The average molecular weight is 405 g/mol. The van der Waals surface area contributed by atoms with Crippen LogP contribution in [0.1, 0.15) is 30.9 Å². The largest absolute Gasteiger partial charge is 0.487 e. The lowest BCUT2D eigenvalue weighted by Gasteiger charge is -2.38. The van der Waals surface area contributed by atoms with E-state index >= 15 is 0 Å². The normalized spacial score (nSPS) is 23.8. The highest BCUT2D eigenvalue weighted by Crippen LogP contribution is 2.32. The summed E-state index contributed by atoms with van der Waals surface area (Å²) in [6, 6.07) is 8.70. The van der Waals surface area contributed by atoms with Gasteiger partial charge in [-0.1, -0.05) is 0 Å². The smallest absolute Gasteiger partial charge is 0.150 e. The number of halogens is 2. The second-order valence-electron chi connectivity index (χ2n) is 7.94. The zero-order valence-corrected chi connectivity index (χ0v) is 16.2. The van der Waals surface area contributed by atoms with Crippen molar-refractivity contribution in [1.29, 1.82) is 0 Å². The highest BCUT2D eigenvalue weighted by atomic mass is 19.1. The first-order chi connectivity index (χ1) is 13.8. The summed E-state index contributed by atoms with van der Waals surface area (Å²) in [5.74, 6) is 0.522. The van der Waals surface area contributed by atoms with E-state index < -0.39 is 24.0 Å². The van der Waals surface area contributed by atoms with Gasteiger partial charge in [0.2, 0.25) is 0 Å². The van der Waals surface area contributed by atoms with Gasteiger partial charge >= 0.3 is 0 Å². The summed E-state index contributed by atoms with van der Waals surface area (Å²) in [7, 11) is 0. The summed E-state index contributed by atoms with van der Waals surface area (Å²) in [5, 5.41) is 24.4. The van der Waals surface area contributed by atoms with Crippen LogP contribution in [0.2, 0.25) is 0 Å². The van der Waals surface area contributed by atoms with E-state index in [1.165, 1.54) is 24.3 Å². The van der Waals surface area contributed by atoms with Gasteiger partial charge < -0.3 is 19.7 Å². The van der Waals surface area contributed by atoms with Gasteiger partial charge in [0.1, 0.15) is 47.2 Å². The van der Waals surface area contributed by atoms with Crippen molar-refractivity contribution < 1.29 is 28.5 Å². The zero-order chi connectivity index (χ0) is 20.6.